The van der Waals surface area contributed by atoms with Crippen LogP contribution in [0.25, 0.3) is 0 Å². The molecule has 3 aromatic rings. The van der Waals surface area contributed by atoms with Crippen molar-refractivity contribution in [2.75, 3.05) is 17.2 Å². The summed E-state index contributed by atoms with van der Waals surface area (Å²) >= 11 is 4.56. The smallest absolute Gasteiger partial charge is 0.257 e. The summed E-state index contributed by atoms with van der Waals surface area (Å²) in [6, 6.07) is 15.9. The molecule has 0 saturated heterocycles. The van der Waals surface area contributed by atoms with E-state index in [0.29, 0.717) is 22.1 Å². The molecule has 0 aliphatic heterocycles. The van der Waals surface area contributed by atoms with E-state index in [1.165, 1.54) is 11.3 Å². The van der Waals surface area contributed by atoms with Gasteiger partial charge in [0.1, 0.15) is 0 Å². The Labute approximate surface area is 179 Å². The molecule has 0 radical (unpaired) electrons. The van der Waals surface area contributed by atoms with Crippen LogP contribution < -0.4 is 16.0 Å². The topological polar surface area (TPSA) is 100 Å². The molecule has 0 saturated carbocycles. The number of halogens is 1. The van der Waals surface area contributed by atoms with Gasteiger partial charge in [-0.2, -0.15) is 0 Å². The zero-order chi connectivity index (χ0) is 20.6. The molecule has 3 rings (SSSR count). The number of thiazole rings is 1. The highest BCUT2D eigenvalue weighted by Gasteiger charge is 2.12. The van der Waals surface area contributed by atoms with Crippen molar-refractivity contribution < 1.29 is 14.4 Å². The minimum Gasteiger partial charge on any atom is -0.347 e. The molecule has 0 spiro atoms. The average molecular weight is 473 g/mol. The van der Waals surface area contributed by atoms with E-state index in [9.17, 15) is 14.4 Å². The third-order valence-electron chi connectivity index (χ3n) is 3.72. The third kappa shape index (κ3) is 6.51. The molecule has 148 valence electrons. The lowest BCUT2D eigenvalue weighted by Gasteiger charge is -2.06. The molecule has 0 bridgehead atoms. The third-order valence-corrected chi connectivity index (χ3v) is 5.06. The minimum atomic E-state index is -0.331. The van der Waals surface area contributed by atoms with E-state index >= 15 is 0 Å². The number of anilines is 2. The van der Waals surface area contributed by atoms with Gasteiger partial charge in [0.05, 0.1) is 18.7 Å². The second kappa shape index (κ2) is 9.94. The molecule has 0 atom stereocenters. The van der Waals surface area contributed by atoms with Crippen molar-refractivity contribution in [2.24, 2.45) is 0 Å². The van der Waals surface area contributed by atoms with Crippen LogP contribution in [-0.4, -0.2) is 29.3 Å². The van der Waals surface area contributed by atoms with Gasteiger partial charge >= 0.3 is 0 Å². The zero-order valence-corrected chi connectivity index (χ0v) is 17.5. The number of nitrogens with zero attached hydrogens (tertiary/aromatic N) is 1. The molecule has 29 heavy (non-hydrogen) atoms. The molecule has 3 amide bonds. The zero-order valence-electron chi connectivity index (χ0n) is 15.1. The maximum Gasteiger partial charge on any atom is 0.257 e. The molecule has 2 aromatic carbocycles. The molecule has 3 N–H and O–H groups in total. The molecule has 9 heteroatoms. The summed E-state index contributed by atoms with van der Waals surface area (Å²) in [6.07, 6.45) is 0.0171. The number of hydrogen-bond acceptors (Lipinski definition) is 5. The first-order valence-electron chi connectivity index (χ1n) is 8.62. The highest BCUT2D eigenvalue weighted by atomic mass is 79.9. The quantitative estimate of drug-likeness (QED) is 0.490. The number of carbonyl (C=O) groups excluding carboxylic acids is 3. The van der Waals surface area contributed by atoms with Crippen LogP contribution in [0.5, 0.6) is 0 Å². The molecule has 7 nitrogen and oxygen atoms in total. The minimum absolute atomic E-state index is 0.0171. The van der Waals surface area contributed by atoms with E-state index < -0.39 is 0 Å². The van der Waals surface area contributed by atoms with Crippen molar-refractivity contribution >= 4 is 55.8 Å². The van der Waals surface area contributed by atoms with Gasteiger partial charge in [0.15, 0.2) is 5.13 Å². The number of aromatic nitrogens is 1. The summed E-state index contributed by atoms with van der Waals surface area (Å²) in [5, 5.41) is 10.1. The largest absolute Gasteiger partial charge is 0.347 e. The van der Waals surface area contributed by atoms with Gasteiger partial charge in [-0.25, -0.2) is 4.98 Å². The number of carbonyl (C=O) groups is 3. The Kier molecular flexibility index (Phi) is 7.09. The molecular weight excluding hydrogens is 456 g/mol. The number of hydrogen-bond donors (Lipinski definition) is 3. The summed E-state index contributed by atoms with van der Waals surface area (Å²) in [6.45, 7) is -0.142. The van der Waals surface area contributed by atoms with E-state index in [1.54, 1.807) is 41.8 Å². The summed E-state index contributed by atoms with van der Waals surface area (Å²) in [4.78, 5) is 40.3. The lowest BCUT2D eigenvalue weighted by molar-refractivity contribution is -0.123. The summed E-state index contributed by atoms with van der Waals surface area (Å²) < 4.78 is 0.909. The summed E-state index contributed by atoms with van der Waals surface area (Å²) in [5.41, 5.74) is 1.69. The Morgan fingerprint density at radius 2 is 1.66 bits per heavy atom. The van der Waals surface area contributed by atoms with Crippen molar-refractivity contribution in [1.82, 2.24) is 10.3 Å². The van der Waals surface area contributed by atoms with Gasteiger partial charge in [0.2, 0.25) is 11.8 Å². The highest BCUT2D eigenvalue weighted by molar-refractivity contribution is 9.10. The SMILES string of the molecule is O=C(Cc1csc(NC(=O)c2ccccc2)n1)NCC(=O)Nc1ccc(Br)cc1. The highest BCUT2D eigenvalue weighted by Crippen LogP contribution is 2.17. The van der Waals surface area contributed by atoms with Crippen LogP contribution in [0, 0.1) is 0 Å². The van der Waals surface area contributed by atoms with Crippen LogP contribution in [0.1, 0.15) is 16.1 Å². The van der Waals surface area contributed by atoms with Gasteiger partial charge in [-0.1, -0.05) is 34.1 Å². The second-order valence-corrected chi connectivity index (χ2v) is 7.75. The van der Waals surface area contributed by atoms with Gasteiger partial charge in [-0.05, 0) is 36.4 Å². The second-order valence-electron chi connectivity index (χ2n) is 5.97. The van der Waals surface area contributed by atoms with E-state index in [4.69, 9.17) is 0 Å². The van der Waals surface area contributed by atoms with Crippen molar-refractivity contribution in [1.29, 1.82) is 0 Å². The number of rotatable bonds is 7. The molecular formula is C20H17BrN4O3S. The molecule has 0 unspecified atom stereocenters. The molecule has 1 heterocycles. The first kappa shape index (κ1) is 20.7. The van der Waals surface area contributed by atoms with Gasteiger partial charge in [0, 0.05) is 21.1 Å². The summed E-state index contributed by atoms with van der Waals surface area (Å²) in [5.74, 6) is -0.919. The Hall–Kier alpha value is -3.04. The van der Waals surface area contributed by atoms with Gasteiger partial charge < -0.3 is 10.6 Å². The van der Waals surface area contributed by atoms with Gasteiger partial charge in [-0.3, -0.25) is 19.7 Å². The van der Waals surface area contributed by atoms with E-state index in [0.717, 1.165) is 4.47 Å². The van der Waals surface area contributed by atoms with Crippen molar-refractivity contribution in [2.45, 2.75) is 6.42 Å². The van der Waals surface area contributed by atoms with Crippen LogP contribution in [-0.2, 0) is 16.0 Å². The number of benzene rings is 2. The number of amides is 3. The van der Waals surface area contributed by atoms with Crippen LogP contribution in [0.3, 0.4) is 0 Å². The van der Waals surface area contributed by atoms with Crippen LogP contribution in [0.4, 0.5) is 10.8 Å². The maximum atomic E-state index is 12.1. The fourth-order valence-corrected chi connectivity index (χ4v) is 3.32. The molecule has 0 aliphatic carbocycles. The lowest BCUT2D eigenvalue weighted by atomic mass is 10.2. The van der Waals surface area contributed by atoms with E-state index in [1.807, 2.05) is 18.2 Å². The van der Waals surface area contributed by atoms with Crippen molar-refractivity contribution in [3.63, 3.8) is 0 Å². The lowest BCUT2D eigenvalue weighted by Crippen LogP contribution is -2.33. The Bertz CT molecular complexity index is 1010. The van der Waals surface area contributed by atoms with Crippen LogP contribution in [0.15, 0.2) is 64.5 Å². The van der Waals surface area contributed by atoms with Gasteiger partial charge in [0.25, 0.3) is 5.91 Å². The predicted octanol–water partition coefficient (Wildman–Crippen LogP) is 3.46. The first-order valence-corrected chi connectivity index (χ1v) is 10.3. The van der Waals surface area contributed by atoms with E-state index in [-0.39, 0.29) is 30.7 Å². The van der Waals surface area contributed by atoms with Crippen molar-refractivity contribution in [3.8, 4) is 0 Å². The Morgan fingerprint density at radius 1 is 0.931 bits per heavy atom. The Morgan fingerprint density at radius 3 is 2.38 bits per heavy atom. The molecule has 0 aliphatic rings. The maximum absolute atomic E-state index is 12.1. The predicted molar refractivity (Wildman–Crippen MR) is 116 cm³/mol. The van der Waals surface area contributed by atoms with E-state index in [2.05, 4.69) is 36.9 Å². The first-order chi connectivity index (χ1) is 14.0. The molecule has 1 aromatic heterocycles. The van der Waals surface area contributed by atoms with Crippen LogP contribution in [0.2, 0.25) is 0 Å². The van der Waals surface area contributed by atoms with Gasteiger partial charge in [-0.15, -0.1) is 11.3 Å². The fourth-order valence-electron chi connectivity index (χ4n) is 2.35. The monoisotopic (exact) mass is 472 g/mol. The number of nitrogens with one attached hydrogen (secondary N) is 3. The molecule has 0 fully saturated rings. The standard InChI is InChI=1S/C20H17BrN4O3S/c21-14-6-8-15(9-7-14)23-18(27)11-22-17(26)10-16-12-29-20(24-16)25-19(28)13-4-2-1-3-5-13/h1-9,12H,10-11H2,(H,22,26)(H,23,27)(H,24,25,28). The Balaban J connectivity index is 1.44. The summed E-state index contributed by atoms with van der Waals surface area (Å²) in [7, 11) is 0. The van der Waals surface area contributed by atoms with Crippen LogP contribution >= 0.6 is 27.3 Å². The average Bonchev–Trinajstić information content (AvgIpc) is 3.15. The van der Waals surface area contributed by atoms with Crippen molar-refractivity contribution in [3.05, 3.63) is 75.7 Å². The fraction of sp³-hybridized carbons (Fsp3) is 0.100. The normalized spacial score (nSPS) is 10.2.